The molecule has 1 amide bonds. The highest BCUT2D eigenvalue weighted by molar-refractivity contribution is 6.44. The van der Waals surface area contributed by atoms with E-state index in [1.54, 1.807) is 4.90 Å². The molecule has 0 N–H and O–H groups in total. The van der Waals surface area contributed by atoms with Gasteiger partial charge in [0.25, 0.3) is 0 Å². The molecule has 0 unspecified atom stereocenters. The average molecular weight is 359 g/mol. The summed E-state index contributed by atoms with van der Waals surface area (Å²) in [6, 6.07) is 4.09. The molecule has 23 heavy (non-hydrogen) atoms. The van der Waals surface area contributed by atoms with Crippen LogP contribution in [0, 0.1) is 6.92 Å². The van der Waals surface area contributed by atoms with Crippen molar-refractivity contribution in [3.63, 3.8) is 0 Å². The van der Waals surface area contributed by atoms with Crippen molar-refractivity contribution in [3.8, 4) is 0 Å². The van der Waals surface area contributed by atoms with Crippen molar-refractivity contribution < 1.29 is 9.53 Å². The molecule has 1 aliphatic heterocycles. The summed E-state index contributed by atoms with van der Waals surface area (Å²) in [5.41, 5.74) is 1.39. The molecule has 0 saturated carbocycles. The van der Waals surface area contributed by atoms with Gasteiger partial charge in [-0.2, -0.15) is 0 Å². The number of nitrogens with zero attached hydrogens (tertiary/aromatic N) is 2. The number of anilines is 1. The zero-order valence-corrected chi connectivity index (χ0v) is 15.8. The van der Waals surface area contributed by atoms with Crippen LogP contribution in [0.1, 0.15) is 33.3 Å². The molecule has 1 fully saturated rings. The first-order valence-corrected chi connectivity index (χ1v) is 8.55. The topological polar surface area (TPSA) is 32.8 Å². The molecule has 128 valence electrons. The molecule has 4 nitrogen and oxygen atoms in total. The fraction of sp³-hybridized carbons (Fsp3) is 0.588. The predicted molar refractivity (Wildman–Crippen MR) is 95.8 cm³/mol. The maximum atomic E-state index is 12.2. The number of rotatable bonds is 1. The van der Waals surface area contributed by atoms with E-state index >= 15 is 0 Å². The molecule has 2 rings (SSSR count). The minimum Gasteiger partial charge on any atom is -0.444 e. The zero-order chi connectivity index (χ0) is 17.4. The van der Waals surface area contributed by atoms with E-state index < -0.39 is 5.60 Å². The molecule has 1 heterocycles. The summed E-state index contributed by atoms with van der Waals surface area (Å²) in [7, 11) is 0. The number of carbonyl (C=O) groups is 1. The fourth-order valence-electron chi connectivity index (χ4n) is 2.67. The number of aryl methyl sites for hydroxylation is 1. The Hall–Kier alpha value is -1.13. The van der Waals surface area contributed by atoms with Gasteiger partial charge in [0, 0.05) is 25.7 Å². The van der Waals surface area contributed by atoms with Crippen molar-refractivity contribution in [2.45, 2.75) is 46.3 Å². The third kappa shape index (κ3) is 4.24. The van der Waals surface area contributed by atoms with Crippen LogP contribution in [-0.2, 0) is 4.74 Å². The van der Waals surface area contributed by atoms with E-state index in [9.17, 15) is 4.79 Å². The van der Waals surface area contributed by atoms with E-state index in [1.807, 2.05) is 39.8 Å². The lowest BCUT2D eigenvalue weighted by atomic mass is 10.1. The SMILES string of the molecule is Cc1ccc(N2CCN(C(=O)OC(C)(C)C)C[C@H]2C)c(Cl)c1Cl. The first kappa shape index (κ1) is 18.2. The lowest BCUT2D eigenvalue weighted by Gasteiger charge is -2.41. The fourth-order valence-corrected chi connectivity index (χ4v) is 3.15. The number of carbonyl (C=O) groups excluding carboxylic acids is 1. The second-order valence-electron chi connectivity index (χ2n) is 7.00. The maximum Gasteiger partial charge on any atom is 0.410 e. The standard InChI is InChI=1S/C17H24Cl2N2O2/c1-11-6-7-13(15(19)14(11)18)21-9-8-20(10-12(21)2)16(22)23-17(3,4)5/h6-7,12H,8-10H2,1-5H3/t12-/m1/s1. The normalized spacial score (nSPS) is 19.0. The van der Waals surface area contributed by atoms with Gasteiger partial charge in [0.05, 0.1) is 15.7 Å². The van der Waals surface area contributed by atoms with Crippen LogP contribution in [0.4, 0.5) is 10.5 Å². The number of hydrogen-bond donors (Lipinski definition) is 0. The van der Waals surface area contributed by atoms with Crippen LogP contribution in [0.15, 0.2) is 12.1 Å². The van der Waals surface area contributed by atoms with Gasteiger partial charge in [-0.1, -0.05) is 29.3 Å². The minimum atomic E-state index is -0.481. The van der Waals surface area contributed by atoms with Gasteiger partial charge in [0.2, 0.25) is 0 Å². The van der Waals surface area contributed by atoms with Crippen LogP contribution in [0.25, 0.3) is 0 Å². The summed E-state index contributed by atoms with van der Waals surface area (Å²) in [4.78, 5) is 16.1. The number of amides is 1. The smallest absolute Gasteiger partial charge is 0.410 e. The largest absolute Gasteiger partial charge is 0.444 e. The van der Waals surface area contributed by atoms with Crippen molar-refractivity contribution in [2.24, 2.45) is 0 Å². The third-order valence-corrected chi connectivity index (χ3v) is 4.81. The molecular weight excluding hydrogens is 335 g/mol. The summed E-state index contributed by atoms with van der Waals surface area (Å²) in [5.74, 6) is 0. The van der Waals surface area contributed by atoms with Gasteiger partial charge < -0.3 is 14.5 Å². The first-order valence-electron chi connectivity index (χ1n) is 7.79. The van der Waals surface area contributed by atoms with Crippen LogP contribution in [0.3, 0.4) is 0 Å². The molecule has 0 radical (unpaired) electrons. The lowest BCUT2D eigenvalue weighted by molar-refractivity contribution is 0.0219. The van der Waals surface area contributed by atoms with Crippen molar-refractivity contribution in [1.82, 2.24) is 4.90 Å². The molecule has 1 atom stereocenters. The molecule has 0 bridgehead atoms. The molecule has 6 heteroatoms. The highest BCUT2D eigenvalue weighted by Gasteiger charge is 2.31. The molecule has 0 aromatic heterocycles. The zero-order valence-electron chi connectivity index (χ0n) is 14.3. The molecule has 1 aromatic rings. The second kappa shape index (κ2) is 6.78. The number of benzene rings is 1. The van der Waals surface area contributed by atoms with Crippen LogP contribution in [0.2, 0.25) is 10.0 Å². The van der Waals surface area contributed by atoms with Crippen molar-refractivity contribution in [1.29, 1.82) is 0 Å². The van der Waals surface area contributed by atoms with E-state index in [0.29, 0.717) is 29.7 Å². The van der Waals surface area contributed by atoms with Gasteiger partial charge in [-0.15, -0.1) is 0 Å². The quantitative estimate of drug-likeness (QED) is 0.726. The van der Waals surface area contributed by atoms with E-state index in [4.69, 9.17) is 27.9 Å². The molecule has 0 spiro atoms. The lowest BCUT2D eigenvalue weighted by Crippen LogP contribution is -2.54. The highest BCUT2D eigenvalue weighted by atomic mass is 35.5. The summed E-state index contributed by atoms with van der Waals surface area (Å²) < 4.78 is 5.45. The Kier molecular flexibility index (Phi) is 5.37. The molecule has 1 aromatic carbocycles. The van der Waals surface area contributed by atoms with Crippen molar-refractivity contribution in [2.75, 3.05) is 24.5 Å². The van der Waals surface area contributed by atoms with Gasteiger partial charge in [-0.3, -0.25) is 0 Å². The molecular formula is C17H24Cl2N2O2. The van der Waals surface area contributed by atoms with E-state index in [2.05, 4.69) is 11.8 Å². The Morgan fingerprint density at radius 2 is 1.87 bits per heavy atom. The summed E-state index contributed by atoms with van der Waals surface area (Å²) in [5, 5.41) is 1.16. The molecule has 1 aliphatic rings. The van der Waals surface area contributed by atoms with Crippen molar-refractivity contribution in [3.05, 3.63) is 27.7 Å². The van der Waals surface area contributed by atoms with E-state index in [-0.39, 0.29) is 12.1 Å². The van der Waals surface area contributed by atoms with Gasteiger partial charge >= 0.3 is 6.09 Å². The Labute approximate surface area is 148 Å². The predicted octanol–water partition coefficient (Wildman–Crippen LogP) is 4.75. The Balaban J connectivity index is 2.11. The summed E-state index contributed by atoms with van der Waals surface area (Å²) >= 11 is 12.7. The van der Waals surface area contributed by atoms with Gasteiger partial charge in [-0.25, -0.2) is 4.79 Å². The van der Waals surface area contributed by atoms with Crippen LogP contribution in [0.5, 0.6) is 0 Å². The average Bonchev–Trinajstić information content (AvgIpc) is 2.44. The van der Waals surface area contributed by atoms with E-state index in [1.165, 1.54) is 0 Å². The third-order valence-electron chi connectivity index (χ3n) is 3.84. The molecule has 0 aliphatic carbocycles. The van der Waals surface area contributed by atoms with Gasteiger partial charge in [0.1, 0.15) is 5.60 Å². The van der Waals surface area contributed by atoms with Crippen LogP contribution < -0.4 is 4.90 Å². The number of ether oxygens (including phenoxy) is 1. The number of piperazine rings is 1. The number of halogens is 2. The van der Waals surface area contributed by atoms with Crippen LogP contribution in [-0.4, -0.2) is 42.3 Å². The Morgan fingerprint density at radius 1 is 1.22 bits per heavy atom. The summed E-state index contributed by atoms with van der Waals surface area (Å²) in [6.07, 6.45) is -0.267. The van der Waals surface area contributed by atoms with E-state index in [0.717, 1.165) is 11.3 Å². The summed E-state index contributed by atoms with van der Waals surface area (Å²) in [6.45, 7) is 11.5. The molecule has 1 saturated heterocycles. The maximum absolute atomic E-state index is 12.2. The number of hydrogen-bond acceptors (Lipinski definition) is 3. The second-order valence-corrected chi connectivity index (χ2v) is 7.75. The monoisotopic (exact) mass is 358 g/mol. The Bertz CT molecular complexity index is 599. The van der Waals surface area contributed by atoms with Crippen molar-refractivity contribution >= 4 is 35.0 Å². The van der Waals surface area contributed by atoms with Crippen LogP contribution >= 0.6 is 23.2 Å². The van der Waals surface area contributed by atoms with Gasteiger partial charge in [0.15, 0.2) is 0 Å². The highest BCUT2D eigenvalue weighted by Crippen LogP contribution is 2.36. The minimum absolute atomic E-state index is 0.132. The Morgan fingerprint density at radius 3 is 2.43 bits per heavy atom. The van der Waals surface area contributed by atoms with Gasteiger partial charge in [-0.05, 0) is 46.2 Å². The first-order chi connectivity index (χ1) is 10.6.